The van der Waals surface area contributed by atoms with Crippen LogP contribution in [0.5, 0.6) is 0 Å². The summed E-state index contributed by atoms with van der Waals surface area (Å²) in [7, 11) is 0. The third-order valence-corrected chi connectivity index (χ3v) is 3.19. The molecule has 1 aromatic carbocycles. The van der Waals surface area contributed by atoms with Gasteiger partial charge in [0.15, 0.2) is 5.82 Å². The molecule has 2 rings (SSSR count). The number of aryl methyl sites for hydroxylation is 1. The highest BCUT2D eigenvalue weighted by molar-refractivity contribution is 9.10. The summed E-state index contributed by atoms with van der Waals surface area (Å²) in [5.74, 6) is 1.46. The molecule has 5 heteroatoms. The second kappa shape index (κ2) is 5.67. The number of halogens is 2. The molecule has 0 radical (unpaired) electrons. The van der Waals surface area contributed by atoms with Gasteiger partial charge >= 0.3 is 0 Å². The molecule has 0 saturated carbocycles. The van der Waals surface area contributed by atoms with Gasteiger partial charge in [-0.05, 0) is 32.0 Å². The lowest BCUT2D eigenvalue weighted by Gasteiger charge is -2.08. The molecule has 0 spiro atoms. The van der Waals surface area contributed by atoms with Crippen LogP contribution in [0, 0.1) is 6.92 Å². The highest BCUT2D eigenvalue weighted by atomic mass is 79.9. The van der Waals surface area contributed by atoms with Crippen molar-refractivity contribution in [3.63, 3.8) is 0 Å². The minimum Gasteiger partial charge on any atom is -0.370 e. The Bertz CT molecular complexity index is 572. The first-order valence-corrected chi connectivity index (χ1v) is 6.82. The van der Waals surface area contributed by atoms with E-state index in [2.05, 4.69) is 31.2 Å². The van der Waals surface area contributed by atoms with Gasteiger partial charge in [0.25, 0.3) is 0 Å². The van der Waals surface area contributed by atoms with Crippen LogP contribution in [0.2, 0.25) is 5.02 Å². The van der Waals surface area contributed by atoms with E-state index in [1.807, 2.05) is 38.1 Å². The smallest absolute Gasteiger partial charge is 0.163 e. The van der Waals surface area contributed by atoms with E-state index in [0.29, 0.717) is 10.8 Å². The van der Waals surface area contributed by atoms with E-state index in [-0.39, 0.29) is 0 Å². The Kier molecular flexibility index (Phi) is 4.19. The fraction of sp³-hybridized carbons (Fsp3) is 0.231. The Labute approximate surface area is 120 Å². The molecule has 0 aliphatic rings. The van der Waals surface area contributed by atoms with Crippen molar-refractivity contribution in [3.8, 4) is 11.4 Å². The Morgan fingerprint density at radius 3 is 2.72 bits per heavy atom. The quantitative estimate of drug-likeness (QED) is 0.914. The molecular weight excluding hydrogens is 314 g/mol. The number of nitrogens with one attached hydrogen (secondary N) is 1. The molecule has 1 heterocycles. The Morgan fingerprint density at radius 1 is 1.28 bits per heavy atom. The first kappa shape index (κ1) is 13.3. The van der Waals surface area contributed by atoms with Crippen molar-refractivity contribution in [3.05, 3.63) is 39.5 Å². The first-order chi connectivity index (χ1) is 8.60. The molecule has 1 aromatic heterocycles. The lowest BCUT2D eigenvalue weighted by atomic mass is 10.2. The molecule has 1 N–H and O–H groups in total. The van der Waals surface area contributed by atoms with Crippen LogP contribution in [-0.2, 0) is 0 Å². The Hall–Kier alpha value is -1.13. The maximum atomic E-state index is 6.22. The normalized spacial score (nSPS) is 10.4. The van der Waals surface area contributed by atoms with Gasteiger partial charge in [0.2, 0.25) is 0 Å². The van der Waals surface area contributed by atoms with Crippen molar-refractivity contribution < 1.29 is 0 Å². The summed E-state index contributed by atoms with van der Waals surface area (Å²) >= 11 is 9.60. The van der Waals surface area contributed by atoms with Crippen LogP contribution in [0.3, 0.4) is 0 Å². The number of aromatic nitrogens is 2. The number of hydrogen-bond donors (Lipinski definition) is 1. The second-order valence-electron chi connectivity index (χ2n) is 3.87. The number of benzene rings is 1. The van der Waals surface area contributed by atoms with Crippen LogP contribution in [-0.4, -0.2) is 16.5 Å². The zero-order valence-corrected chi connectivity index (χ0v) is 12.5. The van der Waals surface area contributed by atoms with Crippen molar-refractivity contribution >= 4 is 33.3 Å². The molecule has 0 atom stereocenters. The maximum Gasteiger partial charge on any atom is 0.163 e. The standard InChI is InChI=1S/C13H13BrClN3/c1-3-16-12-6-8(2)17-13(18-12)10-5-4-9(14)7-11(10)15/h4-7H,3H2,1-2H3,(H,16,17,18). The van der Waals surface area contributed by atoms with Gasteiger partial charge in [-0.2, -0.15) is 0 Å². The summed E-state index contributed by atoms with van der Waals surface area (Å²) in [4.78, 5) is 8.89. The monoisotopic (exact) mass is 325 g/mol. The van der Waals surface area contributed by atoms with Gasteiger partial charge in [0, 0.05) is 28.3 Å². The van der Waals surface area contributed by atoms with Crippen LogP contribution >= 0.6 is 27.5 Å². The fourth-order valence-electron chi connectivity index (χ4n) is 1.63. The van der Waals surface area contributed by atoms with Gasteiger partial charge in [-0.15, -0.1) is 0 Å². The lowest BCUT2D eigenvalue weighted by Crippen LogP contribution is -2.02. The highest BCUT2D eigenvalue weighted by Crippen LogP contribution is 2.29. The molecule has 0 fully saturated rings. The summed E-state index contributed by atoms with van der Waals surface area (Å²) in [6.07, 6.45) is 0. The van der Waals surface area contributed by atoms with Gasteiger partial charge in [-0.1, -0.05) is 27.5 Å². The van der Waals surface area contributed by atoms with Crippen molar-refractivity contribution in [2.45, 2.75) is 13.8 Å². The summed E-state index contributed by atoms with van der Waals surface area (Å²) in [6.45, 7) is 4.80. The number of nitrogens with zero attached hydrogens (tertiary/aromatic N) is 2. The molecule has 0 unspecified atom stereocenters. The molecule has 2 aromatic rings. The van der Waals surface area contributed by atoms with E-state index in [9.17, 15) is 0 Å². The topological polar surface area (TPSA) is 37.8 Å². The average Bonchev–Trinajstić information content (AvgIpc) is 2.28. The molecule has 0 bridgehead atoms. The molecule has 0 aliphatic carbocycles. The van der Waals surface area contributed by atoms with Crippen molar-refractivity contribution in [2.24, 2.45) is 0 Å². The van der Waals surface area contributed by atoms with Crippen LogP contribution in [0.4, 0.5) is 5.82 Å². The van der Waals surface area contributed by atoms with Crippen LogP contribution in [0.1, 0.15) is 12.6 Å². The molecule has 0 aliphatic heterocycles. The number of rotatable bonds is 3. The minimum atomic E-state index is 0.637. The van der Waals surface area contributed by atoms with E-state index in [0.717, 1.165) is 28.1 Å². The van der Waals surface area contributed by atoms with Gasteiger partial charge in [-0.3, -0.25) is 0 Å². The van der Waals surface area contributed by atoms with Crippen LogP contribution in [0.25, 0.3) is 11.4 Å². The van der Waals surface area contributed by atoms with E-state index in [4.69, 9.17) is 11.6 Å². The molecule has 0 saturated heterocycles. The van der Waals surface area contributed by atoms with Gasteiger partial charge in [-0.25, -0.2) is 9.97 Å². The van der Waals surface area contributed by atoms with Gasteiger partial charge in [0.1, 0.15) is 5.82 Å². The second-order valence-corrected chi connectivity index (χ2v) is 5.20. The van der Waals surface area contributed by atoms with Crippen LogP contribution in [0.15, 0.2) is 28.7 Å². The lowest BCUT2D eigenvalue weighted by molar-refractivity contribution is 1.08. The van der Waals surface area contributed by atoms with Crippen molar-refractivity contribution in [2.75, 3.05) is 11.9 Å². The Balaban J connectivity index is 2.49. The van der Waals surface area contributed by atoms with Gasteiger partial charge in [0.05, 0.1) is 5.02 Å². The fourth-order valence-corrected chi connectivity index (χ4v) is 2.39. The zero-order valence-electron chi connectivity index (χ0n) is 10.2. The SMILES string of the molecule is CCNc1cc(C)nc(-c2ccc(Br)cc2Cl)n1. The van der Waals surface area contributed by atoms with Crippen molar-refractivity contribution in [1.82, 2.24) is 9.97 Å². The molecule has 3 nitrogen and oxygen atoms in total. The van der Waals surface area contributed by atoms with Crippen molar-refractivity contribution in [1.29, 1.82) is 0 Å². The van der Waals surface area contributed by atoms with Gasteiger partial charge < -0.3 is 5.32 Å². The summed E-state index contributed by atoms with van der Waals surface area (Å²) in [5, 5.41) is 3.82. The summed E-state index contributed by atoms with van der Waals surface area (Å²) in [5.41, 5.74) is 1.75. The minimum absolute atomic E-state index is 0.637. The summed E-state index contributed by atoms with van der Waals surface area (Å²) in [6, 6.07) is 7.60. The third-order valence-electron chi connectivity index (χ3n) is 2.38. The maximum absolute atomic E-state index is 6.22. The third kappa shape index (κ3) is 3.00. The Morgan fingerprint density at radius 2 is 2.06 bits per heavy atom. The molecule has 94 valence electrons. The molecule has 0 amide bonds. The van der Waals surface area contributed by atoms with Crippen LogP contribution < -0.4 is 5.32 Å². The number of hydrogen-bond acceptors (Lipinski definition) is 3. The largest absolute Gasteiger partial charge is 0.370 e. The molecule has 18 heavy (non-hydrogen) atoms. The molecular formula is C13H13BrClN3. The average molecular weight is 327 g/mol. The number of anilines is 1. The van der Waals surface area contributed by atoms with E-state index >= 15 is 0 Å². The highest BCUT2D eigenvalue weighted by Gasteiger charge is 2.09. The van der Waals surface area contributed by atoms with E-state index < -0.39 is 0 Å². The first-order valence-electron chi connectivity index (χ1n) is 5.65. The van der Waals surface area contributed by atoms with E-state index in [1.165, 1.54) is 0 Å². The predicted molar refractivity (Wildman–Crippen MR) is 79.1 cm³/mol. The van der Waals surface area contributed by atoms with E-state index in [1.54, 1.807) is 0 Å². The summed E-state index contributed by atoms with van der Waals surface area (Å²) < 4.78 is 0.941. The predicted octanol–water partition coefficient (Wildman–Crippen LogP) is 4.30. The zero-order chi connectivity index (χ0) is 13.1.